The van der Waals surface area contributed by atoms with Crippen LogP contribution in [-0.4, -0.2) is 23.0 Å². The fourth-order valence-electron chi connectivity index (χ4n) is 1.21. The van der Waals surface area contributed by atoms with E-state index < -0.39 is 17.9 Å². The third kappa shape index (κ3) is 2.97. The molecule has 0 aromatic heterocycles. The standard InChI is InChI=1S/C10H10ClN3O2/c1-6(15)9(13-14-12)10(16)7-2-4-8(11)5-3-7/h2-6,9,15H,1H3/t6-,9-/m1/s1. The lowest BCUT2D eigenvalue weighted by Gasteiger charge is -2.12. The van der Waals surface area contributed by atoms with Gasteiger partial charge in [-0.25, -0.2) is 0 Å². The highest BCUT2D eigenvalue weighted by Gasteiger charge is 2.23. The third-order valence-electron chi connectivity index (χ3n) is 2.03. The Hall–Kier alpha value is -1.55. The zero-order chi connectivity index (χ0) is 12.1. The normalized spacial score (nSPS) is 13.7. The van der Waals surface area contributed by atoms with Crippen molar-refractivity contribution < 1.29 is 9.90 Å². The molecule has 0 saturated heterocycles. The second kappa shape index (κ2) is 5.51. The monoisotopic (exact) mass is 239 g/mol. The Labute approximate surface area is 97.3 Å². The fourth-order valence-corrected chi connectivity index (χ4v) is 1.33. The Kier molecular flexibility index (Phi) is 4.31. The average Bonchev–Trinajstić information content (AvgIpc) is 2.25. The first-order valence-electron chi connectivity index (χ1n) is 4.58. The number of Topliss-reactive ketones (excluding diaryl/α,β-unsaturated/α-hetero) is 1. The summed E-state index contributed by atoms with van der Waals surface area (Å²) in [5, 5.41) is 13.1. The van der Waals surface area contributed by atoms with Crippen molar-refractivity contribution in [2.75, 3.05) is 0 Å². The van der Waals surface area contributed by atoms with Crippen LogP contribution in [0.5, 0.6) is 0 Å². The van der Waals surface area contributed by atoms with Gasteiger partial charge in [-0.2, -0.15) is 0 Å². The number of hydrogen-bond acceptors (Lipinski definition) is 3. The van der Waals surface area contributed by atoms with E-state index in [1.165, 1.54) is 19.1 Å². The van der Waals surface area contributed by atoms with Gasteiger partial charge in [-0.3, -0.25) is 4.79 Å². The van der Waals surface area contributed by atoms with Crippen molar-refractivity contribution in [3.05, 3.63) is 45.3 Å². The predicted molar refractivity (Wildman–Crippen MR) is 60.4 cm³/mol. The van der Waals surface area contributed by atoms with Crippen LogP contribution in [0.2, 0.25) is 5.02 Å². The lowest BCUT2D eigenvalue weighted by Crippen LogP contribution is -2.29. The summed E-state index contributed by atoms with van der Waals surface area (Å²) in [6.07, 6.45) is -1.03. The van der Waals surface area contributed by atoms with Gasteiger partial charge >= 0.3 is 0 Å². The number of rotatable bonds is 4. The van der Waals surface area contributed by atoms with Crippen molar-refractivity contribution in [3.63, 3.8) is 0 Å². The molecule has 1 rings (SSSR count). The lowest BCUT2D eigenvalue weighted by molar-refractivity contribution is 0.0848. The molecule has 0 bridgehead atoms. The molecule has 0 heterocycles. The Morgan fingerprint density at radius 2 is 2.06 bits per heavy atom. The third-order valence-corrected chi connectivity index (χ3v) is 2.28. The molecule has 0 aliphatic heterocycles. The Bertz CT molecular complexity index is 424. The largest absolute Gasteiger partial charge is 0.393 e. The molecule has 2 atom stereocenters. The van der Waals surface area contributed by atoms with Gasteiger partial charge in [-0.1, -0.05) is 16.7 Å². The van der Waals surface area contributed by atoms with Gasteiger partial charge in [-0.05, 0) is 36.7 Å². The zero-order valence-corrected chi connectivity index (χ0v) is 9.30. The van der Waals surface area contributed by atoms with E-state index in [1.54, 1.807) is 12.1 Å². The molecule has 0 saturated carbocycles. The van der Waals surface area contributed by atoms with Crippen molar-refractivity contribution in [2.45, 2.75) is 19.1 Å². The van der Waals surface area contributed by atoms with Crippen LogP contribution in [0.1, 0.15) is 17.3 Å². The summed E-state index contributed by atoms with van der Waals surface area (Å²) >= 11 is 5.68. The molecular weight excluding hydrogens is 230 g/mol. The lowest BCUT2D eigenvalue weighted by atomic mass is 10.0. The van der Waals surface area contributed by atoms with Crippen molar-refractivity contribution in [3.8, 4) is 0 Å². The Balaban J connectivity index is 2.99. The molecule has 84 valence electrons. The van der Waals surface area contributed by atoms with Crippen LogP contribution in [0, 0.1) is 0 Å². The predicted octanol–water partition coefficient (Wildman–Crippen LogP) is 2.58. The van der Waals surface area contributed by atoms with Crippen molar-refractivity contribution in [2.24, 2.45) is 5.11 Å². The highest BCUT2D eigenvalue weighted by atomic mass is 35.5. The molecule has 0 aliphatic carbocycles. The van der Waals surface area contributed by atoms with Gasteiger partial charge in [0.1, 0.15) is 6.04 Å². The highest BCUT2D eigenvalue weighted by molar-refractivity contribution is 6.30. The Morgan fingerprint density at radius 1 is 1.50 bits per heavy atom. The number of ketones is 1. The minimum atomic E-state index is -1.11. The molecule has 0 spiro atoms. The molecule has 0 unspecified atom stereocenters. The number of azide groups is 1. The van der Waals surface area contributed by atoms with Gasteiger partial charge in [0.05, 0.1) is 6.10 Å². The Morgan fingerprint density at radius 3 is 2.50 bits per heavy atom. The van der Waals surface area contributed by atoms with Gasteiger partial charge < -0.3 is 5.11 Å². The second-order valence-electron chi connectivity index (χ2n) is 3.26. The summed E-state index contributed by atoms with van der Waals surface area (Å²) in [5.74, 6) is -0.426. The molecular formula is C10H10ClN3O2. The van der Waals surface area contributed by atoms with Crippen LogP contribution in [0.25, 0.3) is 10.4 Å². The number of aliphatic hydroxyl groups excluding tert-OH is 1. The van der Waals surface area contributed by atoms with Crippen LogP contribution in [0.4, 0.5) is 0 Å². The van der Waals surface area contributed by atoms with E-state index in [0.717, 1.165) is 0 Å². The van der Waals surface area contributed by atoms with E-state index in [1.807, 2.05) is 0 Å². The summed E-state index contributed by atoms with van der Waals surface area (Å²) in [5.41, 5.74) is 8.65. The van der Waals surface area contributed by atoms with E-state index in [4.69, 9.17) is 17.1 Å². The van der Waals surface area contributed by atoms with Crippen LogP contribution in [0.15, 0.2) is 29.4 Å². The summed E-state index contributed by atoms with van der Waals surface area (Å²) in [4.78, 5) is 14.4. The zero-order valence-electron chi connectivity index (χ0n) is 8.54. The molecule has 1 N–H and O–H groups in total. The molecule has 16 heavy (non-hydrogen) atoms. The number of benzene rings is 1. The van der Waals surface area contributed by atoms with Crippen molar-refractivity contribution in [1.82, 2.24) is 0 Å². The van der Waals surface area contributed by atoms with Crippen molar-refractivity contribution >= 4 is 17.4 Å². The summed E-state index contributed by atoms with van der Waals surface area (Å²) in [6.45, 7) is 1.40. The van der Waals surface area contributed by atoms with E-state index in [-0.39, 0.29) is 0 Å². The summed E-state index contributed by atoms with van der Waals surface area (Å²) in [6, 6.07) is 5.06. The molecule has 1 aromatic rings. The maximum Gasteiger partial charge on any atom is 0.174 e. The number of halogens is 1. The first-order valence-corrected chi connectivity index (χ1v) is 4.96. The smallest absolute Gasteiger partial charge is 0.174 e. The average molecular weight is 240 g/mol. The molecule has 5 nitrogen and oxygen atoms in total. The summed E-state index contributed by atoms with van der Waals surface area (Å²) < 4.78 is 0. The number of carbonyl (C=O) groups is 1. The topological polar surface area (TPSA) is 86.1 Å². The quantitative estimate of drug-likeness (QED) is 0.379. The molecule has 0 amide bonds. The molecule has 6 heteroatoms. The minimum absolute atomic E-state index is 0.350. The van der Waals surface area contributed by atoms with Crippen molar-refractivity contribution in [1.29, 1.82) is 0 Å². The first kappa shape index (κ1) is 12.5. The van der Waals surface area contributed by atoms with Gasteiger partial charge in [0.2, 0.25) is 0 Å². The van der Waals surface area contributed by atoms with E-state index in [2.05, 4.69) is 10.0 Å². The SMILES string of the molecule is C[C@@H](O)[C@@H](N=[N+]=[N-])C(=O)c1ccc(Cl)cc1. The highest BCUT2D eigenvalue weighted by Crippen LogP contribution is 2.14. The van der Waals surface area contributed by atoms with Gasteiger partial charge in [0.25, 0.3) is 0 Å². The molecule has 0 radical (unpaired) electrons. The van der Waals surface area contributed by atoms with E-state index in [9.17, 15) is 9.90 Å². The maximum atomic E-state index is 11.8. The number of nitrogens with zero attached hydrogens (tertiary/aromatic N) is 3. The number of hydrogen-bond donors (Lipinski definition) is 1. The second-order valence-corrected chi connectivity index (χ2v) is 3.70. The van der Waals surface area contributed by atoms with E-state index in [0.29, 0.717) is 10.6 Å². The van der Waals surface area contributed by atoms with Gasteiger partial charge in [0.15, 0.2) is 5.78 Å². The van der Waals surface area contributed by atoms with E-state index >= 15 is 0 Å². The van der Waals surface area contributed by atoms with Crippen LogP contribution >= 0.6 is 11.6 Å². The fraction of sp³-hybridized carbons (Fsp3) is 0.300. The summed E-state index contributed by atoms with van der Waals surface area (Å²) in [7, 11) is 0. The van der Waals surface area contributed by atoms with Gasteiger partial charge in [-0.15, -0.1) is 0 Å². The molecule has 0 aliphatic rings. The van der Waals surface area contributed by atoms with Crippen LogP contribution in [0.3, 0.4) is 0 Å². The molecule has 0 fully saturated rings. The number of carbonyl (C=O) groups excluding carboxylic acids is 1. The van der Waals surface area contributed by atoms with Crippen LogP contribution < -0.4 is 0 Å². The van der Waals surface area contributed by atoms with Gasteiger partial charge in [0, 0.05) is 15.5 Å². The maximum absolute atomic E-state index is 11.8. The number of aliphatic hydroxyl groups is 1. The van der Waals surface area contributed by atoms with Crippen LogP contribution in [-0.2, 0) is 0 Å². The first-order chi connectivity index (χ1) is 7.56. The molecule has 1 aromatic carbocycles. The minimum Gasteiger partial charge on any atom is -0.393 e.